The Bertz CT molecular complexity index is 545. The van der Waals surface area contributed by atoms with E-state index in [1.165, 1.54) is 7.11 Å². The molecule has 106 valence electrons. The molecule has 0 bridgehead atoms. The lowest BCUT2D eigenvalue weighted by Crippen LogP contribution is -2.50. The Morgan fingerprint density at radius 3 is 2.75 bits per heavy atom. The highest BCUT2D eigenvalue weighted by Crippen LogP contribution is 2.30. The van der Waals surface area contributed by atoms with Gasteiger partial charge in [-0.3, -0.25) is 0 Å². The Morgan fingerprint density at radius 1 is 1.50 bits per heavy atom. The van der Waals surface area contributed by atoms with E-state index in [9.17, 15) is 9.90 Å². The highest BCUT2D eigenvalue weighted by Gasteiger charge is 2.40. The van der Waals surface area contributed by atoms with Gasteiger partial charge < -0.3 is 19.9 Å². The number of carboxylic acids is 1. The van der Waals surface area contributed by atoms with Crippen LogP contribution in [0.5, 0.6) is 5.75 Å². The van der Waals surface area contributed by atoms with E-state index in [4.69, 9.17) is 14.7 Å². The molecule has 0 aliphatic carbocycles. The number of ether oxygens (including phenoxy) is 2. The van der Waals surface area contributed by atoms with Crippen molar-refractivity contribution in [2.24, 2.45) is 0 Å². The quantitative estimate of drug-likeness (QED) is 0.868. The van der Waals surface area contributed by atoms with Crippen molar-refractivity contribution >= 4 is 11.7 Å². The number of aliphatic carboxylic acids is 1. The van der Waals surface area contributed by atoms with Crippen molar-refractivity contribution in [3.05, 3.63) is 23.8 Å². The zero-order valence-corrected chi connectivity index (χ0v) is 11.2. The Morgan fingerprint density at radius 2 is 2.20 bits per heavy atom. The number of benzene rings is 1. The van der Waals surface area contributed by atoms with Crippen LogP contribution in [0.2, 0.25) is 0 Å². The van der Waals surface area contributed by atoms with E-state index < -0.39 is 11.5 Å². The fourth-order valence-electron chi connectivity index (χ4n) is 2.22. The van der Waals surface area contributed by atoms with Crippen LogP contribution in [0.1, 0.15) is 18.4 Å². The summed E-state index contributed by atoms with van der Waals surface area (Å²) in [5, 5.41) is 21.6. The molecule has 1 aromatic carbocycles. The Labute approximate surface area is 116 Å². The van der Waals surface area contributed by atoms with Crippen LogP contribution in [-0.4, -0.2) is 36.9 Å². The van der Waals surface area contributed by atoms with Crippen molar-refractivity contribution < 1.29 is 19.4 Å². The summed E-state index contributed by atoms with van der Waals surface area (Å²) in [5.74, 6) is -0.369. The second kappa shape index (κ2) is 5.80. The first-order valence-corrected chi connectivity index (χ1v) is 6.29. The third-order valence-corrected chi connectivity index (χ3v) is 3.48. The topological polar surface area (TPSA) is 91.6 Å². The first kappa shape index (κ1) is 14.2. The summed E-state index contributed by atoms with van der Waals surface area (Å²) >= 11 is 0. The minimum Gasteiger partial charge on any atom is -0.497 e. The fourth-order valence-corrected chi connectivity index (χ4v) is 2.22. The van der Waals surface area contributed by atoms with Gasteiger partial charge in [0.2, 0.25) is 0 Å². The van der Waals surface area contributed by atoms with Crippen molar-refractivity contribution in [2.45, 2.75) is 18.4 Å². The van der Waals surface area contributed by atoms with Crippen LogP contribution in [0, 0.1) is 11.3 Å². The molecule has 6 nitrogen and oxygen atoms in total. The van der Waals surface area contributed by atoms with Gasteiger partial charge in [-0.25, -0.2) is 4.79 Å². The average Bonchev–Trinajstić information content (AvgIpc) is 2.48. The molecule has 1 aliphatic rings. The van der Waals surface area contributed by atoms with Crippen molar-refractivity contribution in [1.82, 2.24) is 0 Å². The molecule has 0 unspecified atom stereocenters. The van der Waals surface area contributed by atoms with Gasteiger partial charge in [-0.2, -0.15) is 5.26 Å². The Kier molecular flexibility index (Phi) is 4.11. The van der Waals surface area contributed by atoms with Crippen molar-refractivity contribution in [1.29, 1.82) is 5.26 Å². The zero-order valence-electron chi connectivity index (χ0n) is 11.2. The van der Waals surface area contributed by atoms with Gasteiger partial charge in [0.05, 0.1) is 18.4 Å². The lowest BCUT2D eigenvalue weighted by atomic mass is 9.89. The molecule has 1 heterocycles. The first-order valence-electron chi connectivity index (χ1n) is 6.29. The van der Waals surface area contributed by atoms with E-state index in [0.717, 1.165) is 0 Å². The number of nitrogens with one attached hydrogen (secondary N) is 1. The second-order valence-corrected chi connectivity index (χ2v) is 4.65. The summed E-state index contributed by atoms with van der Waals surface area (Å²) in [6.07, 6.45) is 0.703. The van der Waals surface area contributed by atoms with Crippen LogP contribution in [-0.2, 0) is 9.53 Å². The molecule has 1 saturated heterocycles. The van der Waals surface area contributed by atoms with Gasteiger partial charge in [-0.1, -0.05) is 0 Å². The van der Waals surface area contributed by atoms with E-state index in [1.54, 1.807) is 18.2 Å². The summed E-state index contributed by atoms with van der Waals surface area (Å²) < 4.78 is 10.3. The minimum atomic E-state index is -1.10. The number of hydrogen-bond donors (Lipinski definition) is 2. The van der Waals surface area contributed by atoms with Gasteiger partial charge in [0.25, 0.3) is 0 Å². The summed E-state index contributed by atoms with van der Waals surface area (Å²) in [5.41, 5.74) is -0.245. The molecule has 0 aromatic heterocycles. The summed E-state index contributed by atoms with van der Waals surface area (Å²) in [4.78, 5) is 11.6. The number of nitriles is 1. The number of hydrogen-bond acceptors (Lipinski definition) is 5. The van der Waals surface area contributed by atoms with Crippen LogP contribution >= 0.6 is 0 Å². The molecule has 1 aromatic rings. The first-order chi connectivity index (χ1) is 9.61. The number of carbonyl (C=O) groups is 1. The zero-order chi connectivity index (χ0) is 14.6. The standard InChI is InChI=1S/C14H16N2O4/c1-19-11-3-2-10(9-15)12(8-11)16-14(13(17)18)4-6-20-7-5-14/h2-3,8,16H,4-7H2,1H3,(H,17,18). The second-order valence-electron chi connectivity index (χ2n) is 4.65. The minimum absolute atomic E-state index is 0.352. The Balaban J connectivity index is 2.35. The van der Waals surface area contributed by atoms with Crippen LogP contribution in [0.25, 0.3) is 0 Å². The molecule has 0 radical (unpaired) electrons. The molecule has 1 fully saturated rings. The van der Waals surface area contributed by atoms with Gasteiger partial charge in [-0.15, -0.1) is 0 Å². The highest BCUT2D eigenvalue weighted by molar-refractivity contribution is 5.84. The molecule has 0 saturated carbocycles. The monoisotopic (exact) mass is 276 g/mol. The average molecular weight is 276 g/mol. The molecule has 0 spiro atoms. The molecular weight excluding hydrogens is 260 g/mol. The van der Waals surface area contributed by atoms with Crippen molar-refractivity contribution in [2.75, 3.05) is 25.6 Å². The lowest BCUT2D eigenvalue weighted by Gasteiger charge is -2.35. The maximum absolute atomic E-state index is 11.6. The summed E-state index contributed by atoms with van der Waals surface area (Å²) in [6.45, 7) is 0.760. The summed E-state index contributed by atoms with van der Waals surface area (Å²) in [6, 6.07) is 6.96. The molecule has 2 N–H and O–H groups in total. The number of carboxylic acid groups (broad SMARTS) is 1. The van der Waals surface area contributed by atoms with Crippen LogP contribution in [0.3, 0.4) is 0 Å². The number of nitrogens with zero attached hydrogens (tertiary/aromatic N) is 1. The SMILES string of the molecule is COc1ccc(C#N)c(NC2(C(=O)O)CCOCC2)c1. The van der Waals surface area contributed by atoms with E-state index in [1.807, 2.05) is 0 Å². The van der Waals surface area contributed by atoms with E-state index in [2.05, 4.69) is 11.4 Å². The largest absolute Gasteiger partial charge is 0.497 e. The van der Waals surface area contributed by atoms with Crippen LogP contribution in [0.4, 0.5) is 5.69 Å². The van der Waals surface area contributed by atoms with Gasteiger partial charge in [-0.05, 0) is 12.1 Å². The third kappa shape index (κ3) is 2.68. The number of anilines is 1. The predicted octanol–water partition coefficient (Wildman–Crippen LogP) is 1.61. The summed E-state index contributed by atoms with van der Waals surface area (Å²) in [7, 11) is 1.52. The maximum atomic E-state index is 11.6. The lowest BCUT2D eigenvalue weighted by molar-refractivity contribution is -0.145. The maximum Gasteiger partial charge on any atom is 0.329 e. The molecular formula is C14H16N2O4. The van der Waals surface area contributed by atoms with Crippen molar-refractivity contribution in [3.8, 4) is 11.8 Å². The third-order valence-electron chi connectivity index (χ3n) is 3.48. The van der Waals surface area contributed by atoms with E-state index in [0.29, 0.717) is 43.1 Å². The Hall–Kier alpha value is -2.26. The van der Waals surface area contributed by atoms with Crippen LogP contribution in [0.15, 0.2) is 18.2 Å². The molecule has 20 heavy (non-hydrogen) atoms. The van der Waals surface area contributed by atoms with Crippen molar-refractivity contribution in [3.63, 3.8) is 0 Å². The number of rotatable bonds is 4. The fraction of sp³-hybridized carbons (Fsp3) is 0.429. The smallest absolute Gasteiger partial charge is 0.329 e. The normalized spacial score (nSPS) is 17.0. The van der Waals surface area contributed by atoms with Crippen LogP contribution < -0.4 is 10.1 Å². The van der Waals surface area contributed by atoms with Gasteiger partial charge in [0.1, 0.15) is 17.4 Å². The van der Waals surface area contributed by atoms with Gasteiger partial charge in [0.15, 0.2) is 0 Å². The van der Waals surface area contributed by atoms with E-state index in [-0.39, 0.29) is 0 Å². The predicted molar refractivity (Wildman–Crippen MR) is 71.8 cm³/mol. The molecule has 0 atom stereocenters. The van der Waals surface area contributed by atoms with Gasteiger partial charge in [0, 0.05) is 32.1 Å². The molecule has 6 heteroatoms. The molecule has 1 aliphatic heterocycles. The molecule has 2 rings (SSSR count). The molecule has 0 amide bonds. The van der Waals surface area contributed by atoms with Gasteiger partial charge >= 0.3 is 5.97 Å². The number of methoxy groups -OCH3 is 1. The van der Waals surface area contributed by atoms with E-state index >= 15 is 0 Å². The highest BCUT2D eigenvalue weighted by atomic mass is 16.5.